The van der Waals surface area contributed by atoms with Crippen molar-refractivity contribution in [1.82, 2.24) is 14.5 Å². The average molecular weight is 237 g/mol. The predicted octanol–water partition coefficient (Wildman–Crippen LogP) is 0.831. The van der Waals surface area contributed by atoms with Gasteiger partial charge in [-0.3, -0.25) is 4.79 Å². The maximum absolute atomic E-state index is 11.9. The summed E-state index contributed by atoms with van der Waals surface area (Å²) in [6.45, 7) is 5.66. The Hall–Kier alpha value is -1.36. The van der Waals surface area contributed by atoms with Crippen molar-refractivity contribution in [2.24, 2.45) is 0 Å². The Bertz CT molecular complexity index is 370. The van der Waals surface area contributed by atoms with Gasteiger partial charge in [-0.15, -0.1) is 0 Å². The number of carbonyl (C=O) groups is 1. The van der Waals surface area contributed by atoms with Crippen molar-refractivity contribution < 1.29 is 9.53 Å². The van der Waals surface area contributed by atoms with Crippen molar-refractivity contribution in [2.75, 3.05) is 26.3 Å². The number of imidazole rings is 1. The third-order valence-electron chi connectivity index (χ3n) is 3.08. The van der Waals surface area contributed by atoms with Crippen molar-refractivity contribution in [3.63, 3.8) is 0 Å². The molecule has 1 aromatic heterocycles. The van der Waals surface area contributed by atoms with Gasteiger partial charge in [0.15, 0.2) is 0 Å². The quantitative estimate of drug-likeness (QED) is 0.779. The Kier molecular flexibility index (Phi) is 4.14. The minimum atomic E-state index is 0.242. The summed E-state index contributed by atoms with van der Waals surface area (Å²) in [6.07, 6.45) is 5.22. The lowest BCUT2D eigenvalue weighted by Crippen LogP contribution is -2.40. The predicted molar refractivity (Wildman–Crippen MR) is 63.6 cm³/mol. The van der Waals surface area contributed by atoms with Gasteiger partial charge in [-0.25, -0.2) is 4.98 Å². The van der Waals surface area contributed by atoms with E-state index in [1.807, 2.05) is 18.0 Å². The van der Waals surface area contributed by atoms with Crippen LogP contribution in [-0.2, 0) is 16.1 Å². The Labute approximate surface area is 101 Å². The van der Waals surface area contributed by atoms with Crippen LogP contribution in [-0.4, -0.2) is 46.7 Å². The maximum atomic E-state index is 11.9. The van der Waals surface area contributed by atoms with E-state index in [2.05, 4.69) is 9.55 Å². The molecule has 5 nitrogen and oxygen atoms in total. The second kappa shape index (κ2) is 5.82. The number of hydrogen-bond acceptors (Lipinski definition) is 3. The molecular weight excluding hydrogens is 218 g/mol. The summed E-state index contributed by atoms with van der Waals surface area (Å²) in [5.74, 6) is 1.25. The summed E-state index contributed by atoms with van der Waals surface area (Å²) in [6, 6.07) is 0. The van der Waals surface area contributed by atoms with Crippen LogP contribution in [0.2, 0.25) is 0 Å². The molecule has 1 saturated heterocycles. The maximum Gasteiger partial charge on any atom is 0.222 e. The van der Waals surface area contributed by atoms with Crippen molar-refractivity contribution in [3.8, 4) is 0 Å². The molecule has 1 aromatic rings. The first-order chi connectivity index (χ1) is 8.27. The van der Waals surface area contributed by atoms with Crippen LogP contribution < -0.4 is 0 Å². The molecule has 0 radical (unpaired) electrons. The van der Waals surface area contributed by atoms with Crippen LogP contribution in [0.4, 0.5) is 0 Å². The van der Waals surface area contributed by atoms with E-state index in [0.717, 1.165) is 31.9 Å². The fourth-order valence-corrected chi connectivity index (χ4v) is 2.01. The third kappa shape index (κ3) is 3.30. The lowest BCUT2D eigenvalue weighted by atomic mass is 10.2. The smallest absolute Gasteiger partial charge is 0.222 e. The van der Waals surface area contributed by atoms with E-state index in [1.165, 1.54) is 0 Å². The monoisotopic (exact) mass is 237 g/mol. The fourth-order valence-electron chi connectivity index (χ4n) is 2.01. The first-order valence-electron chi connectivity index (χ1n) is 6.10. The van der Waals surface area contributed by atoms with Gasteiger partial charge in [-0.2, -0.15) is 0 Å². The molecule has 5 heteroatoms. The Morgan fingerprint density at radius 3 is 2.88 bits per heavy atom. The Morgan fingerprint density at radius 1 is 1.47 bits per heavy atom. The molecule has 0 N–H and O–H groups in total. The molecule has 0 aliphatic carbocycles. The van der Waals surface area contributed by atoms with Gasteiger partial charge in [0.1, 0.15) is 5.82 Å². The average Bonchev–Trinajstić information content (AvgIpc) is 2.76. The van der Waals surface area contributed by atoms with Gasteiger partial charge in [-0.05, 0) is 13.3 Å². The third-order valence-corrected chi connectivity index (χ3v) is 3.08. The molecule has 1 fully saturated rings. The molecule has 94 valence electrons. The molecule has 2 rings (SSSR count). The van der Waals surface area contributed by atoms with Crippen LogP contribution >= 0.6 is 0 Å². The van der Waals surface area contributed by atoms with Crippen LogP contribution in [0.3, 0.4) is 0 Å². The van der Waals surface area contributed by atoms with Gasteiger partial charge >= 0.3 is 0 Å². The fraction of sp³-hybridized carbons (Fsp3) is 0.667. The molecule has 1 aliphatic rings. The van der Waals surface area contributed by atoms with E-state index in [0.29, 0.717) is 19.6 Å². The highest BCUT2D eigenvalue weighted by atomic mass is 16.5. The van der Waals surface area contributed by atoms with Crippen molar-refractivity contribution >= 4 is 5.91 Å². The highest BCUT2D eigenvalue weighted by Gasteiger charge is 2.15. The zero-order chi connectivity index (χ0) is 12.1. The molecule has 1 aliphatic heterocycles. The van der Waals surface area contributed by atoms with Crippen LogP contribution in [0.5, 0.6) is 0 Å². The summed E-state index contributed by atoms with van der Waals surface area (Å²) >= 11 is 0. The number of carbonyl (C=O) groups excluding carboxylic acids is 1. The SMILES string of the molecule is Cc1nccn1CCCC(=O)N1CCOCC1. The Balaban J connectivity index is 1.71. The van der Waals surface area contributed by atoms with Crippen molar-refractivity contribution in [2.45, 2.75) is 26.3 Å². The summed E-state index contributed by atoms with van der Waals surface area (Å²) in [5.41, 5.74) is 0. The molecule has 0 aromatic carbocycles. The van der Waals surface area contributed by atoms with Crippen LogP contribution in [0, 0.1) is 6.92 Å². The van der Waals surface area contributed by atoms with E-state index in [1.54, 1.807) is 6.20 Å². The van der Waals surface area contributed by atoms with E-state index in [4.69, 9.17) is 4.74 Å². The molecule has 0 bridgehead atoms. The highest BCUT2D eigenvalue weighted by Crippen LogP contribution is 2.05. The summed E-state index contributed by atoms with van der Waals surface area (Å²) < 4.78 is 7.30. The molecule has 0 saturated carbocycles. The molecule has 17 heavy (non-hydrogen) atoms. The molecule has 0 atom stereocenters. The Morgan fingerprint density at radius 2 is 2.24 bits per heavy atom. The van der Waals surface area contributed by atoms with Crippen molar-refractivity contribution in [1.29, 1.82) is 0 Å². The van der Waals surface area contributed by atoms with Gasteiger partial charge in [0.05, 0.1) is 13.2 Å². The van der Waals surface area contributed by atoms with Gasteiger partial charge in [-0.1, -0.05) is 0 Å². The number of aryl methyl sites for hydroxylation is 2. The number of morpholine rings is 1. The summed E-state index contributed by atoms with van der Waals surface area (Å²) in [4.78, 5) is 17.9. The first-order valence-corrected chi connectivity index (χ1v) is 6.10. The zero-order valence-corrected chi connectivity index (χ0v) is 10.3. The number of hydrogen-bond donors (Lipinski definition) is 0. The van der Waals surface area contributed by atoms with E-state index < -0.39 is 0 Å². The number of nitrogens with zero attached hydrogens (tertiary/aromatic N) is 3. The zero-order valence-electron chi connectivity index (χ0n) is 10.3. The first kappa shape index (κ1) is 12.1. The lowest BCUT2D eigenvalue weighted by molar-refractivity contribution is -0.135. The van der Waals surface area contributed by atoms with Crippen LogP contribution in [0.1, 0.15) is 18.7 Å². The van der Waals surface area contributed by atoms with E-state index in [9.17, 15) is 4.79 Å². The minimum Gasteiger partial charge on any atom is -0.378 e. The van der Waals surface area contributed by atoms with E-state index in [-0.39, 0.29) is 5.91 Å². The summed E-state index contributed by atoms with van der Waals surface area (Å²) in [5, 5.41) is 0. The van der Waals surface area contributed by atoms with Gasteiger partial charge in [0.25, 0.3) is 0 Å². The largest absolute Gasteiger partial charge is 0.378 e. The van der Waals surface area contributed by atoms with Crippen molar-refractivity contribution in [3.05, 3.63) is 18.2 Å². The van der Waals surface area contributed by atoms with Gasteiger partial charge in [0, 0.05) is 38.4 Å². The number of rotatable bonds is 4. The van der Waals surface area contributed by atoms with Gasteiger partial charge in [0.2, 0.25) is 5.91 Å². The molecule has 0 spiro atoms. The molecule has 2 heterocycles. The lowest BCUT2D eigenvalue weighted by Gasteiger charge is -2.26. The van der Waals surface area contributed by atoms with Crippen LogP contribution in [0.25, 0.3) is 0 Å². The second-order valence-corrected chi connectivity index (χ2v) is 4.26. The minimum absolute atomic E-state index is 0.242. The van der Waals surface area contributed by atoms with Crippen LogP contribution in [0.15, 0.2) is 12.4 Å². The number of ether oxygens (including phenoxy) is 1. The topological polar surface area (TPSA) is 47.4 Å². The normalized spacial score (nSPS) is 16.2. The number of aromatic nitrogens is 2. The molecule has 0 unspecified atom stereocenters. The number of amides is 1. The summed E-state index contributed by atoms with van der Waals surface area (Å²) in [7, 11) is 0. The molecule has 1 amide bonds. The molecular formula is C12H19N3O2. The van der Waals surface area contributed by atoms with Gasteiger partial charge < -0.3 is 14.2 Å². The highest BCUT2D eigenvalue weighted by molar-refractivity contribution is 5.76. The van der Waals surface area contributed by atoms with E-state index >= 15 is 0 Å². The standard InChI is InChI=1S/C12H19N3O2/c1-11-13-4-6-14(11)5-2-3-12(16)15-7-9-17-10-8-15/h4,6H,2-3,5,7-10H2,1H3. The second-order valence-electron chi connectivity index (χ2n) is 4.26.